The summed E-state index contributed by atoms with van der Waals surface area (Å²) in [5.74, 6) is 0.419. The van der Waals surface area contributed by atoms with Crippen LogP contribution in [0.15, 0.2) is 83.8 Å². The number of aromatic nitrogens is 2. The van der Waals surface area contributed by atoms with Gasteiger partial charge in [-0.1, -0.05) is 60.1 Å². The molecule has 1 amide bonds. The molecule has 1 atom stereocenters. The van der Waals surface area contributed by atoms with E-state index in [1.807, 2.05) is 55.5 Å². The number of hydrogen-bond donors (Lipinski definition) is 2. The lowest BCUT2D eigenvalue weighted by Crippen LogP contribution is -2.14. The number of nitrogens with one attached hydrogen (secondary N) is 1. The lowest BCUT2D eigenvalue weighted by atomic mass is 10.1. The highest BCUT2D eigenvalue weighted by atomic mass is 35.5. The summed E-state index contributed by atoms with van der Waals surface area (Å²) in [6, 6.07) is 23.7. The van der Waals surface area contributed by atoms with Gasteiger partial charge in [-0.05, 0) is 48.2 Å². The van der Waals surface area contributed by atoms with E-state index in [1.165, 1.54) is 0 Å². The second kappa shape index (κ2) is 9.02. The number of halogens is 1. The molecule has 5 rings (SSSR count). The number of fused-ring (bicyclic) bond motifs is 2. The van der Waals surface area contributed by atoms with E-state index in [0.29, 0.717) is 33.7 Å². The van der Waals surface area contributed by atoms with Crippen molar-refractivity contribution in [2.75, 3.05) is 5.32 Å². The molecule has 0 aliphatic heterocycles. The van der Waals surface area contributed by atoms with Crippen molar-refractivity contribution < 1.29 is 13.6 Å². The quantitative estimate of drug-likeness (QED) is 0.295. The van der Waals surface area contributed by atoms with E-state index in [4.69, 9.17) is 11.6 Å². The van der Waals surface area contributed by atoms with E-state index in [2.05, 4.69) is 14.9 Å². The van der Waals surface area contributed by atoms with Crippen LogP contribution in [-0.4, -0.2) is 24.2 Å². The maximum absolute atomic E-state index is 13.1. The zero-order valence-corrected chi connectivity index (χ0v) is 19.7. The molecule has 34 heavy (non-hydrogen) atoms. The van der Waals surface area contributed by atoms with E-state index in [0.717, 1.165) is 22.3 Å². The smallest absolute Gasteiger partial charge is 0.255 e. The zero-order valence-electron chi connectivity index (χ0n) is 18.2. The minimum atomic E-state index is -2.27. The Kier molecular flexibility index (Phi) is 5.91. The van der Waals surface area contributed by atoms with Crippen LogP contribution in [0.4, 0.5) is 5.69 Å². The molecule has 0 saturated carbocycles. The second-order valence-corrected chi connectivity index (χ2v) is 9.22. The Hall–Kier alpha value is -3.52. The summed E-state index contributed by atoms with van der Waals surface area (Å²) >= 11 is 4.06. The molecule has 4 aromatic carbocycles. The molecule has 8 heteroatoms. The fourth-order valence-corrected chi connectivity index (χ4v) is 4.99. The molecular formula is C26H20ClN3O3S. The van der Waals surface area contributed by atoms with Gasteiger partial charge in [-0.2, -0.15) is 0 Å². The third-order valence-electron chi connectivity index (χ3n) is 5.79. The number of benzene rings is 4. The predicted octanol–water partition coefficient (Wildman–Crippen LogP) is 6.03. The van der Waals surface area contributed by atoms with Gasteiger partial charge in [-0.3, -0.25) is 4.79 Å². The van der Waals surface area contributed by atoms with Crippen molar-refractivity contribution in [3.63, 3.8) is 0 Å². The van der Waals surface area contributed by atoms with Gasteiger partial charge < -0.3 is 14.4 Å². The van der Waals surface area contributed by atoms with Gasteiger partial charge in [0.15, 0.2) is 11.1 Å². The van der Waals surface area contributed by atoms with Gasteiger partial charge in [-0.15, -0.1) is 0 Å². The topological polar surface area (TPSA) is 84.2 Å². The van der Waals surface area contributed by atoms with Gasteiger partial charge in [0.05, 0.1) is 28.2 Å². The molecule has 5 aromatic rings. The summed E-state index contributed by atoms with van der Waals surface area (Å²) < 4.78 is 24.0. The molecule has 1 aromatic heterocycles. The molecule has 170 valence electrons. The summed E-state index contributed by atoms with van der Waals surface area (Å²) in [5.41, 5.74) is 3.25. The molecule has 0 spiro atoms. The van der Waals surface area contributed by atoms with Gasteiger partial charge in [0.25, 0.3) is 5.91 Å². The van der Waals surface area contributed by atoms with E-state index in [1.54, 1.807) is 30.3 Å². The number of hydrogen-bond acceptors (Lipinski definition) is 3. The number of nitrogens with zero attached hydrogens (tertiary/aromatic N) is 2. The molecule has 6 nitrogen and oxygen atoms in total. The Labute approximate surface area is 203 Å². The Morgan fingerprint density at radius 1 is 1.06 bits per heavy atom. The summed E-state index contributed by atoms with van der Waals surface area (Å²) in [4.78, 5) is 17.9. The van der Waals surface area contributed by atoms with E-state index < -0.39 is 11.1 Å². The molecule has 2 N–H and O–H groups in total. The van der Waals surface area contributed by atoms with Crippen LogP contribution >= 0.6 is 11.6 Å². The minimum absolute atomic E-state index is 0.174. The lowest BCUT2D eigenvalue weighted by molar-refractivity contribution is 0.102. The standard InChI is InChI=1S/C26H20ClN3O3S/c1-16-28-23-14-18(11-13-24(23)30(16)15-19-7-3-5-9-21(19)27)26(31)29-22-12-10-17-6-2-4-8-20(17)25(22)34(32)33/h2-14H,15H2,1H3,(H,29,31)(H,32,33). The molecule has 0 aliphatic rings. The van der Waals surface area contributed by atoms with Crippen molar-refractivity contribution in [1.82, 2.24) is 9.55 Å². The largest absolute Gasteiger partial charge is 0.324 e. The van der Waals surface area contributed by atoms with Crippen LogP contribution in [0.25, 0.3) is 21.8 Å². The molecule has 0 radical (unpaired) electrons. The molecule has 0 fully saturated rings. The van der Waals surface area contributed by atoms with Gasteiger partial charge in [0, 0.05) is 16.0 Å². The summed E-state index contributed by atoms with van der Waals surface area (Å²) in [6.45, 7) is 2.48. The zero-order chi connectivity index (χ0) is 23.8. The first-order valence-corrected chi connectivity index (χ1v) is 12.0. The highest BCUT2D eigenvalue weighted by Crippen LogP contribution is 2.30. The molecule has 0 saturated heterocycles. The summed E-state index contributed by atoms with van der Waals surface area (Å²) in [7, 11) is 0. The molecular weight excluding hydrogens is 470 g/mol. The number of aryl methyl sites for hydroxylation is 1. The number of imidazole rings is 1. The second-order valence-electron chi connectivity index (χ2n) is 7.91. The third kappa shape index (κ3) is 4.09. The number of rotatable bonds is 5. The van der Waals surface area contributed by atoms with Crippen molar-refractivity contribution in [3.8, 4) is 0 Å². The van der Waals surface area contributed by atoms with Gasteiger partial charge in [0.2, 0.25) is 0 Å². The van der Waals surface area contributed by atoms with Gasteiger partial charge in [0.1, 0.15) is 5.82 Å². The summed E-state index contributed by atoms with van der Waals surface area (Å²) in [6.07, 6.45) is 0. The SMILES string of the molecule is Cc1nc2cc(C(=O)Nc3ccc4ccccc4c3S(=O)O)ccc2n1Cc1ccccc1Cl. The van der Waals surface area contributed by atoms with E-state index in [-0.39, 0.29) is 10.8 Å². The first-order valence-electron chi connectivity index (χ1n) is 10.6. The van der Waals surface area contributed by atoms with E-state index in [9.17, 15) is 13.6 Å². The van der Waals surface area contributed by atoms with Crippen LogP contribution in [0, 0.1) is 6.92 Å². The van der Waals surface area contributed by atoms with Crippen molar-refractivity contribution in [3.05, 3.63) is 101 Å². The fraction of sp³-hybridized carbons (Fsp3) is 0.0769. The average molecular weight is 490 g/mol. The van der Waals surface area contributed by atoms with Crippen LogP contribution in [0.3, 0.4) is 0 Å². The highest BCUT2D eigenvalue weighted by Gasteiger charge is 2.17. The first kappa shape index (κ1) is 22.3. The Balaban J connectivity index is 1.48. The minimum Gasteiger partial charge on any atom is -0.324 e. The van der Waals surface area contributed by atoms with Crippen LogP contribution in [0.2, 0.25) is 5.02 Å². The van der Waals surface area contributed by atoms with Crippen molar-refractivity contribution in [2.24, 2.45) is 0 Å². The number of amides is 1. The van der Waals surface area contributed by atoms with Crippen LogP contribution in [0.1, 0.15) is 21.7 Å². The number of carbonyl (C=O) groups excluding carboxylic acids is 1. The van der Waals surface area contributed by atoms with Crippen molar-refractivity contribution in [1.29, 1.82) is 0 Å². The highest BCUT2D eigenvalue weighted by molar-refractivity contribution is 7.79. The summed E-state index contributed by atoms with van der Waals surface area (Å²) in [5, 5.41) is 4.91. The van der Waals surface area contributed by atoms with Crippen molar-refractivity contribution >= 4 is 56.1 Å². The normalized spacial score (nSPS) is 12.2. The predicted molar refractivity (Wildman–Crippen MR) is 136 cm³/mol. The Morgan fingerprint density at radius 3 is 2.62 bits per heavy atom. The molecule has 1 unspecified atom stereocenters. The maximum Gasteiger partial charge on any atom is 0.255 e. The lowest BCUT2D eigenvalue weighted by Gasteiger charge is -2.12. The van der Waals surface area contributed by atoms with Crippen LogP contribution in [-0.2, 0) is 17.6 Å². The first-order chi connectivity index (χ1) is 16.4. The number of anilines is 1. The molecule has 1 heterocycles. The monoisotopic (exact) mass is 489 g/mol. The van der Waals surface area contributed by atoms with E-state index >= 15 is 0 Å². The van der Waals surface area contributed by atoms with Crippen molar-refractivity contribution in [2.45, 2.75) is 18.4 Å². The Bertz CT molecular complexity index is 1600. The fourth-order valence-electron chi connectivity index (χ4n) is 4.11. The molecule has 0 aliphatic carbocycles. The third-order valence-corrected chi connectivity index (χ3v) is 6.95. The average Bonchev–Trinajstić information content (AvgIpc) is 3.14. The van der Waals surface area contributed by atoms with Gasteiger partial charge in [-0.25, -0.2) is 9.19 Å². The number of carbonyl (C=O) groups is 1. The molecule has 0 bridgehead atoms. The Morgan fingerprint density at radius 2 is 1.82 bits per heavy atom. The maximum atomic E-state index is 13.1. The van der Waals surface area contributed by atoms with Crippen LogP contribution < -0.4 is 5.32 Å². The van der Waals surface area contributed by atoms with Gasteiger partial charge >= 0.3 is 0 Å². The van der Waals surface area contributed by atoms with Crippen LogP contribution in [0.5, 0.6) is 0 Å².